The first kappa shape index (κ1) is 26.0. The molecule has 0 amide bonds. The molecular weight excluding hydrogens is 563 g/mol. The Labute approximate surface area is 267 Å². The van der Waals surface area contributed by atoms with Gasteiger partial charge in [-0.1, -0.05) is 133 Å². The van der Waals surface area contributed by atoms with Gasteiger partial charge in [-0.05, 0) is 70.3 Å². The van der Waals surface area contributed by atoms with Crippen LogP contribution in [0, 0.1) is 0 Å². The lowest BCUT2D eigenvalue weighted by molar-refractivity contribution is 0.769. The number of fused-ring (bicyclic) bond motifs is 7. The number of benzene rings is 7. The van der Waals surface area contributed by atoms with Gasteiger partial charge in [0.2, 0.25) is 0 Å². The summed E-state index contributed by atoms with van der Waals surface area (Å²) in [5.41, 5.74) is 10.9. The van der Waals surface area contributed by atoms with Gasteiger partial charge < -0.3 is 4.90 Å². The number of nitrogens with zero attached hydrogens (tertiary/aromatic N) is 1. The van der Waals surface area contributed by atoms with Crippen molar-refractivity contribution in [3.8, 4) is 11.1 Å². The van der Waals surface area contributed by atoms with Gasteiger partial charge in [-0.25, -0.2) is 0 Å². The Morgan fingerprint density at radius 2 is 0.956 bits per heavy atom. The summed E-state index contributed by atoms with van der Waals surface area (Å²) < 4.78 is 2.71. The van der Waals surface area contributed by atoms with Crippen LogP contribution < -0.4 is 4.90 Å². The highest BCUT2D eigenvalue weighted by atomic mass is 32.1. The van der Waals surface area contributed by atoms with E-state index < -0.39 is 5.41 Å². The van der Waals surface area contributed by atoms with E-state index in [4.69, 9.17) is 0 Å². The third-order valence-electron chi connectivity index (χ3n) is 9.35. The Morgan fingerprint density at radius 3 is 1.67 bits per heavy atom. The van der Waals surface area contributed by atoms with Gasteiger partial charge in [0.25, 0.3) is 0 Å². The Hall–Kier alpha value is -5.44. The minimum absolute atomic E-state index is 0.444. The number of hydrogen-bond acceptors (Lipinski definition) is 2. The molecule has 0 saturated carbocycles. The molecule has 0 bridgehead atoms. The zero-order chi connectivity index (χ0) is 29.8. The van der Waals surface area contributed by atoms with E-state index in [1.807, 2.05) is 11.3 Å². The lowest BCUT2D eigenvalue weighted by atomic mass is 9.67. The highest BCUT2D eigenvalue weighted by molar-refractivity contribution is 7.26. The number of thiophene rings is 1. The summed E-state index contributed by atoms with van der Waals surface area (Å²) in [5, 5.41) is 2.67. The van der Waals surface area contributed by atoms with Crippen molar-refractivity contribution in [2.75, 3.05) is 4.90 Å². The maximum Gasteiger partial charge on any atom is 0.0714 e. The Morgan fingerprint density at radius 1 is 0.400 bits per heavy atom. The van der Waals surface area contributed by atoms with Gasteiger partial charge in [-0.3, -0.25) is 0 Å². The van der Waals surface area contributed by atoms with E-state index >= 15 is 0 Å². The van der Waals surface area contributed by atoms with Crippen LogP contribution in [0.5, 0.6) is 0 Å². The van der Waals surface area contributed by atoms with Crippen molar-refractivity contribution < 1.29 is 0 Å². The van der Waals surface area contributed by atoms with Crippen molar-refractivity contribution in [1.82, 2.24) is 0 Å². The van der Waals surface area contributed by atoms with E-state index in [0.717, 1.165) is 17.1 Å². The van der Waals surface area contributed by atoms with E-state index in [9.17, 15) is 0 Å². The molecule has 9 rings (SSSR count). The molecule has 1 aliphatic rings. The fraction of sp³-hybridized carbons (Fsp3) is 0.0233. The second kappa shape index (κ2) is 10.3. The Bertz CT molecular complexity index is 2270. The van der Waals surface area contributed by atoms with Gasteiger partial charge in [0.05, 0.1) is 5.41 Å². The van der Waals surface area contributed by atoms with Crippen LogP contribution in [0.15, 0.2) is 176 Å². The molecule has 1 aliphatic carbocycles. The third kappa shape index (κ3) is 3.86. The topological polar surface area (TPSA) is 3.24 Å². The molecule has 1 nitrogen and oxygen atoms in total. The fourth-order valence-corrected chi connectivity index (χ4v) is 8.75. The van der Waals surface area contributed by atoms with Crippen molar-refractivity contribution in [3.63, 3.8) is 0 Å². The van der Waals surface area contributed by atoms with Crippen molar-refractivity contribution in [2.24, 2.45) is 0 Å². The van der Waals surface area contributed by atoms with Gasteiger partial charge in [0, 0.05) is 42.8 Å². The van der Waals surface area contributed by atoms with Crippen LogP contribution in [0.1, 0.15) is 22.3 Å². The molecule has 1 aromatic heterocycles. The largest absolute Gasteiger partial charge is 0.311 e. The number of hydrogen-bond donors (Lipinski definition) is 0. The Kier molecular flexibility index (Phi) is 5.97. The zero-order valence-electron chi connectivity index (χ0n) is 24.6. The van der Waals surface area contributed by atoms with Crippen LogP contribution in [0.25, 0.3) is 31.3 Å². The molecule has 1 unspecified atom stereocenters. The predicted molar refractivity (Wildman–Crippen MR) is 191 cm³/mol. The molecule has 45 heavy (non-hydrogen) atoms. The van der Waals surface area contributed by atoms with Crippen molar-refractivity contribution in [1.29, 1.82) is 0 Å². The normalized spacial score (nSPS) is 15.2. The summed E-state index contributed by atoms with van der Waals surface area (Å²) in [6.45, 7) is 0. The smallest absolute Gasteiger partial charge is 0.0714 e. The average molecular weight is 592 g/mol. The van der Waals surface area contributed by atoms with Crippen LogP contribution in [-0.2, 0) is 5.41 Å². The maximum atomic E-state index is 2.40. The second-order valence-corrected chi connectivity index (χ2v) is 12.7. The molecule has 0 spiro atoms. The second-order valence-electron chi connectivity index (χ2n) is 11.7. The number of rotatable bonds is 5. The van der Waals surface area contributed by atoms with E-state index in [1.165, 1.54) is 53.6 Å². The summed E-state index contributed by atoms with van der Waals surface area (Å²) in [6, 6.07) is 64.2. The first-order valence-corrected chi connectivity index (χ1v) is 16.3. The molecule has 8 aromatic rings. The number of anilines is 3. The summed E-state index contributed by atoms with van der Waals surface area (Å²) in [6.07, 6.45) is 0. The molecule has 0 radical (unpaired) electrons. The summed E-state index contributed by atoms with van der Waals surface area (Å²) in [5.74, 6) is 0. The van der Waals surface area contributed by atoms with Crippen molar-refractivity contribution >= 4 is 48.6 Å². The third-order valence-corrected chi connectivity index (χ3v) is 10.5. The van der Waals surface area contributed by atoms with Gasteiger partial charge in [0.15, 0.2) is 0 Å². The molecule has 0 N–H and O–H groups in total. The van der Waals surface area contributed by atoms with Crippen molar-refractivity contribution in [2.45, 2.75) is 5.41 Å². The molecule has 0 aliphatic heterocycles. The molecule has 0 fully saturated rings. The molecule has 212 valence electrons. The van der Waals surface area contributed by atoms with Gasteiger partial charge in [-0.2, -0.15) is 0 Å². The molecule has 0 saturated heterocycles. The van der Waals surface area contributed by atoms with Gasteiger partial charge in [-0.15, -0.1) is 11.3 Å². The zero-order valence-corrected chi connectivity index (χ0v) is 25.4. The van der Waals surface area contributed by atoms with Crippen LogP contribution >= 0.6 is 11.3 Å². The van der Waals surface area contributed by atoms with Crippen LogP contribution in [-0.4, -0.2) is 0 Å². The first-order chi connectivity index (χ1) is 22.3. The highest BCUT2D eigenvalue weighted by Gasteiger charge is 2.46. The minimum Gasteiger partial charge on any atom is -0.311 e. The van der Waals surface area contributed by atoms with Gasteiger partial charge >= 0.3 is 0 Å². The number of para-hydroxylation sites is 2. The van der Waals surface area contributed by atoms with E-state index in [-0.39, 0.29) is 0 Å². The van der Waals surface area contributed by atoms with Crippen LogP contribution in [0.4, 0.5) is 17.1 Å². The Balaban J connectivity index is 1.31. The SMILES string of the molecule is c1ccc(N(c2ccccc2)c2ccc(C3(c4ccccc4)c4ccccc4-c4c3ccc3c4sc4ccccc43)cc2)cc1. The molecule has 2 heteroatoms. The van der Waals surface area contributed by atoms with E-state index in [1.54, 1.807) is 0 Å². The summed E-state index contributed by atoms with van der Waals surface area (Å²) >= 11 is 1.92. The highest BCUT2D eigenvalue weighted by Crippen LogP contribution is 2.59. The quantitative estimate of drug-likeness (QED) is 0.192. The lowest BCUT2D eigenvalue weighted by Crippen LogP contribution is -2.28. The summed E-state index contributed by atoms with van der Waals surface area (Å²) in [7, 11) is 0. The van der Waals surface area contributed by atoms with Gasteiger partial charge in [0.1, 0.15) is 0 Å². The summed E-state index contributed by atoms with van der Waals surface area (Å²) in [4.78, 5) is 2.33. The molecular formula is C43H29NS. The standard InChI is InChI=1S/C43H29NS/c1-4-14-30(15-5-1)43(31-24-26-34(27-25-31)44(32-16-6-2-7-17-32)33-18-8-3-9-19-33)38-22-12-10-21-37(38)41-39(43)29-28-36-35-20-11-13-23-40(35)45-42(36)41/h1-29H. The minimum atomic E-state index is -0.444. The monoisotopic (exact) mass is 591 g/mol. The van der Waals surface area contributed by atoms with E-state index in [0.29, 0.717) is 0 Å². The van der Waals surface area contributed by atoms with Crippen LogP contribution in [0.3, 0.4) is 0 Å². The van der Waals surface area contributed by atoms with Crippen LogP contribution in [0.2, 0.25) is 0 Å². The fourth-order valence-electron chi connectivity index (χ4n) is 7.48. The van der Waals surface area contributed by atoms with Crippen molar-refractivity contribution in [3.05, 3.63) is 198 Å². The lowest BCUT2D eigenvalue weighted by Gasteiger charge is -2.34. The average Bonchev–Trinajstić information content (AvgIpc) is 3.64. The first-order valence-electron chi connectivity index (χ1n) is 15.4. The molecule has 1 atom stereocenters. The molecule has 7 aromatic carbocycles. The predicted octanol–water partition coefficient (Wildman–Crippen LogP) is 11.9. The molecule has 1 heterocycles. The maximum absolute atomic E-state index is 2.40. The van der Waals surface area contributed by atoms with E-state index in [2.05, 4.69) is 181 Å².